The quantitative estimate of drug-likeness (QED) is 0.871. The minimum absolute atomic E-state index is 0. The number of piperazine rings is 1. The summed E-state index contributed by atoms with van der Waals surface area (Å²) in [7, 11) is 0. The molecule has 1 aliphatic heterocycles. The molecule has 1 aromatic rings. The standard InChI is InChI=1S/C14H17Cl2N3O2.ClH/c1-9(17)13(20)18-5-7-19(8-6-18)14(21)10-3-2-4-11(15)12(10)16;/h2-4,9H,5-8,17H2,1H3;1H/t9-;/m0./s1. The van der Waals surface area contributed by atoms with E-state index in [0.717, 1.165) is 0 Å². The van der Waals surface area contributed by atoms with Gasteiger partial charge in [0.05, 0.1) is 21.7 Å². The van der Waals surface area contributed by atoms with Crippen molar-refractivity contribution < 1.29 is 9.59 Å². The van der Waals surface area contributed by atoms with Gasteiger partial charge in [0.15, 0.2) is 0 Å². The molecule has 1 heterocycles. The Hall–Kier alpha value is -1.01. The normalized spacial score (nSPS) is 16.0. The van der Waals surface area contributed by atoms with Crippen molar-refractivity contribution in [1.29, 1.82) is 0 Å². The summed E-state index contributed by atoms with van der Waals surface area (Å²) >= 11 is 12.0. The predicted octanol–water partition coefficient (Wildman–Crippen LogP) is 2.05. The van der Waals surface area contributed by atoms with Crippen molar-refractivity contribution in [1.82, 2.24) is 9.80 Å². The highest BCUT2D eigenvalue weighted by atomic mass is 35.5. The molecule has 0 radical (unpaired) electrons. The van der Waals surface area contributed by atoms with E-state index in [-0.39, 0.29) is 29.2 Å². The van der Waals surface area contributed by atoms with Crippen LogP contribution < -0.4 is 5.73 Å². The van der Waals surface area contributed by atoms with E-state index >= 15 is 0 Å². The van der Waals surface area contributed by atoms with Gasteiger partial charge in [0, 0.05) is 26.2 Å². The van der Waals surface area contributed by atoms with E-state index in [1.54, 1.807) is 34.9 Å². The molecule has 8 heteroatoms. The Balaban J connectivity index is 0.00000242. The number of nitrogens with two attached hydrogens (primary N) is 1. The van der Waals surface area contributed by atoms with E-state index in [0.29, 0.717) is 36.8 Å². The van der Waals surface area contributed by atoms with Crippen LogP contribution in [0.5, 0.6) is 0 Å². The van der Waals surface area contributed by atoms with Crippen LogP contribution in [0.4, 0.5) is 0 Å². The van der Waals surface area contributed by atoms with E-state index in [9.17, 15) is 9.59 Å². The number of rotatable bonds is 2. The van der Waals surface area contributed by atoms with Gasteiger partial charge in [0.2, 0.25) is 5.91 Å². The van der Waals surface area contributed by atoms with Gasteiger partial charge in [0.25, 0.3) is 5.91 Å². The predicted molar refractivity (Wildman–Crippen MR) is 89.8 cm³/mol. The minimum atomic E-state index is -0.519. The molecule has 1 aliphatic rings. The van der Waals surface area contributed by atoms with Gasteiger partial charge in [-0.05, 0) is 19.1 Å². The second-order valence-corrected chi connectivity index (χ2v) is 5.79. The van der Waals surface area contributed by atoms with Crippen LogP contribution in [0.2, 0.25) is 10.0 Å². The zero-order chi connectivity index (χ0) is 15.6. The van der Waals surface area contributed by atoms with Gasteiger partial charge in [-0.3, -0.25) is 9.59 Å². The largest absolute Gasteiger partial charge is 0.338 e. The summed E-state index contributed by atoms with van der Waals surface area (Å²) in [6.45, 7) is 3.53. The fraction of sp³-hybridized carbons (Fsp3) is 0.429. The van der Waals surface area contributed by atoms with Crippen molar-refractivity contribution in [2.75, 3.05) is 26.2 Å². The molecular weight excluding hydrogens is 349 g/mol. The number of amides is 2. The van der Waals surface area contributed by atoms with Crippen molar-refractivity contribution in [3.05, 3.63) is 33.8 Å². The first-order valence-corrected chi connectivity index (χ1v) is 7.45. The summed E-state index contributed by atoms with van der Waals surface area (Å²) < 4.78 is 0. The number of benzene rings is 1. The third-order valence-electron chi connectivity index (χ3n) is 3.45. The molecule has 0 saturated carbocycles. The summed E-state index contributed by atoms with van der Waals surface area (Å²) in [4.78, 5) is 27.6. The number of halogens is 3. The number of carbonyl (C=O) groups excluding carboxylic acids is 2. The van der Waals surface area contributed by atoms with Crippen LogP contribution in [0.1, 0.15) is 17.3 Å². The molecule has 1 aromatic carbocycles. The number of carbonyl (C=O) groups is 2. The topological polar surface area (TPSA) is 66.6 Å². The maximum Gasteiger partial charge on any atom is 0.255 e. The molecule has 1 atom stereocenters. The van der Waals surface area contributed by atoms with E-state index < -0.39 is 6.04 Å². The fourth-order valence-electron chi connectivity index (χ4n) is 2.26. The Morgan fingerprint density at radius 1 is 1.14 bits per heavy atom. The lowest BCUT2D eigenvalue weighted by atomic mass is 10.1. The highest BCUT2D eigenvalue weighted by Crippen LogP contribution is 2.26. The van der Waals surface area contributed by atoms with Gasteiger partial charge in [-0.15, -0.1) is 12.4 Å². The van der Waals surface area contributed by atoms with Crippen LogP contribution in [0.15, 0.2) is 18.2 Å². The molecule has 0 spiro atoms. The summed E-state index contributed by atoms with van der Waals surface area (Å²) in [5.41, 5.74) is 5.97. The first kappa shape index (κ1) is 19.0. The summed E-state index contributed by atoms with van der Waals surface area (Å²) in [5.74, 6) is -0.265. The lowest BCUT2D eigenvalue weighted by Gasteiger charge is -2.35. The molecule has 2 N–H and O–H groups in total. The molecule has 1 fully saturated rings. The van der Waals surface area contributed by atoms with Gasteiger partial charge in [-0.2, -0.15) is 0 Å². The highest BCUT2D eigenvalue weighted by Gasteiger charge is 2.27. The Morgan fingerprint density at radius 3 is 2.23 bits per heavy atom. The second kappa shape index (κ2) is 8.02. The van der Waals surface area contributed by atoms with Gasteiger partial charge in [-0.25, -0.2) is 0 Å². The number of hydrogen-bond donors (Lipinski definition) is 1. The van der Waals surface area contributed by atoms with Crippen LogP contribution in [0, 0.1) is 0 Å². The molecule has 0 bridgehead atoms. The van der Waals surface area contributed by atoms with Crippen LogP contribution >= 0.6 is 35.6 Å². The lowest BCUT2D eigenvalue weighted by molar-refractivity contribution is -0.133. The maximum absolute atomic E-state index is 12.4. The monoisotopic (exact) mass is 365 g/mol. The third-order valence-corrected chi connectivity index (χ3v) is 4.27. The molecule has 0 aliphatic carbocycles. The van der Waals surface area contributed by atoms with Gasteiger partial charge >= 0.3 is 0 Å². The molecule has 122 valence electrons. The van der Waals surface area contributed by atoms with Crippen molar-refractivity contribution in [2.24, 2.45) is 5.73 Å². The van der Waals surface area contributed by atoms with E-state index in [2.05, 4.69) is 0 Å². The van der Waals surface area contributed by atoms with E-state index in [1.807, 2.05) is 0 Å². The smallest absolute Gasteiger partial charge is 0.255 e. The molecule has 0 aromatic heterocycles. The SMILES string of the molecule is C[C@H](N)C(=O)N1CCN(C(=O)c2cccc(Cl)c2Cl)CC1.Cl. The van der Waals surface area contributed by atoms with Gasteiger partial charge in [0.1, 0.15) is 0 Å². The van der Waals surface area contributed by atoms with Crippen molar-refractivity contribution in [3.8, 4) is 0 Å². The van der Waals surface area contributed by atoms with Gasteiger partial charge < -0.3 is 15.5 Å². The van der Waals surface area contributed by atoms with Crippen LogP contribution in [0.3, 0.4) is 0 Å². The van der Waals surface area contributed by atoms with E-state index in [1.165, 1.54) is 0 Å². The lowest BCUT2D eigenvalue weighted by Crippen LogP contribution is -2.53. The van der Waals surface area contributed by atoms with Crippen molar-refractivity contribution in [3.63, 3.8) is 0 Å². The Morgan fingerprint density at radius 2 is 1.68 bits per heavy atom. The molecule has 1 saturated heterocycles. The van der Waals surface area contributed by atoms with Crippen molar-refractivity contribution in [2.45, 2.75) is 13.0 Å². The number of nitrogens with zero attached hydrogens (tertiary/aromatic N) is 2. The molecule has 2 amide bonds. The fourth-order valence-corrected chi connectivity index (χ4v) is 2.64. The average molecular weight is 367 g/mol. The average Bonchev–Trinajstić information content (AvgIpc) is 2.48. The zero-order valence-corrected chi connectivity index (χ0v) is 14.4. The molecular formula is C14H18Cl3N3O2. The first-order valence-electron chi connectivity index (χ1n) is 6.69. The summed E-state index contributed by atoms with van der Waals surface area (Å²) in [6, 6.07) is 4.46. The summed E-state index contributed by atoms with van der Waals surface area (Å²) in [6.07, 6.45) is 0. The van der Waals surface area contributed by atoms with Crippen molar-refractivity contribution >= 4 is 47.4 Å². The summed E-state index contributed by atoms with van der Waals surface area (Å²) in [5, 5.41) is 0.617. The Labute approximate surface area is 145 Å². The van der Waals surface area contributed by atoms with Crippen LogP contribution in [-0.4, -0.2) is 53.8 Å². The molecule has 5 nitrogen and oxygen atoms in total. The number of hydrogen-bond acceptors (Lipinski definition) is 3. The third kappa shape index (κ3) is 4.04. The molecule has 2 rings (SSSR count). The Kier molecular flexibility index (Phi) is 6.94. The minimum Gasteiger partial charge on any atom is -0.338 e. The van der Waals surface area contributed by atoms with Gasteiger partial charge in [-0.1, -0.05) is 29.3 Å². The van der Waals surface area contributed by atoms with Crippen LogP contribution in [0.25, 0.3) is 0 Å². The first-order chi connectivity index (χ1) is 9.91. The Bertz CT molecular complexity index is 558. The maximum atomic E-state index is 12.4. The highest BCUT2D eigenvalue weighted by molar-refractivity contribution is 6.43. The molecule has 22 heavy (non-hydrogen) atoms. The second-order valence-electron chi connectivity index (χ2n) is 5.01. The zero-order valence-electron chi connectivity index (χ0n) is 12.1. The molecule has 0 unspecified atom stereocenters. The van der Waals surface area contributed by atoms with E-state index in [4.69, 9.17) is 28.9 Å². The van der Waals surface area contributed by atoms with Crippen LogP contribution in [-0.2, 0) is 4.79 Å².